The molecule has 1 saturated heterocycles. The van der Waals surface area contributed by atoms with Crippen molar-refractivity contribution in [2.45, 2.75) is 30.2 Å². The van der Waals surface area contributed by atoms with Crippen molar-refractivity contribution in [3.8, 4) is 0 Å². The number of thioether (sulfide) groups is 1. The Morgan fingerprint density at radius 1 is 1.07 bits per heavy atom. The standard InChI is InChI=1S/C22H27N3O2S/c26-21-13-7-15-25(21)17-20(18-9-3-1-4-10-18)24-22(27)23-14-8-16-28-19-11-5-2-6-12-19/h1-6,9-12,20H,7-8,13-17H2,(H2,23,24,27). The van der Waals surface area contributed by atoms with E-state index >= 15 is 0 Å². The van der Waals surface area contributed by atoms with Crippen LogP contribution in [0.1, 0.15) is 30.9 Å². The number of nitrogens with zero attached hydrogens (tertiary/aromatic N) is 1. The summed E-state index contributed by atoms with van der Waals surface area (Å²) in [5.74, 6) is 1.12. The van der Waals surface area contributed by atoms with Gasteiger partial charge in [-0.2, -0.15) is 0 Å². The van der Waals surface area contributed by atoms with Crippen LogP contribution in [-0.2, 0) is 4.79 Å². The minimum absolute atomic E-state index is 0.168. The number of benzene rings is 2. The van der Waals surface area contributed by atoms with Gasteiger partial charge in [-0.25, -0.2) is 4.79 Å². The highest BCUT2D eigenvalue weighted by atomic mass is 32.2. The van der Waals surface area contributed by atoms with Crippen molar-refractivity contribution >= 4 is 23.7 Å². The van der Waals surface area contributed by atoms with Gasteiger partial charge in [0.05, 0.1) is 6.04 Å². The number of urea groups is 1. The molecule has 3 amide bonds. The summed E-state index contributed by atoms with van der Waals surface area (Å²) in [5.41, 5.74) is 1.01. The van der Waals surface area contributed by atoms with Crippen LogP contribution in [0.25, 0.3) is 0 Å². The summed E-state index contributed by atoms with van der Waals surface area (Å²) in [5, 5.41) is 5.98. The third-order valence-corrected chi connectivity index (χ3v) is 5.80. The lowest BCUT2D eigenvalue weighted by molar-refractivity contribution is -0.128. The highest BCUT2D eigenvalue weighted by Crippen LogP contribution is 2.19. The molecule has 0 radical (unpaired) electrons. The van der Waals surface area contributed by atoms with Gasteiger partial charge in [-0.15, -0.1) is 11.8 Å². The fraction of sp³-hybridized carbons (Fsp3) is 0.364. The van der Waals surface area contributed by atoms with E-state index in [2.05, 4.69) is 22.8 Å². The number of carbonyl (C=O) groups excluding carboxylic acids is 2. The van der Waals surface area contributed by atoms with Crippen LogP contribution in [0, 0.1) is 0 Å². The van der Waals surface area contributed by atoms with Gasteiger partial charge in [-0.3, -0.25) is 4.79 Å². The second kappa shape index (κ2) is 10.8. The van der Waals surface area contributed by atoms with Gasteiger partial charge in [0.2, 0.25) is 5.91 Å². The molecule has 148 valence electrons. The smallest absolute Gasteiger partial charge is 0.315 e. The van der Waals surface area contributed by atoms with E-state index in [4.69, 9.17) is 0 Å². The third kappa shape index (κ3) is 6.30. The molecule has 0 aromatic heterocycles. The number of hydrogen-bond acceptors (Lipinski definition) is 3. The summed E-state index contributed by atoms with van der Waals surface area (Å²) in [4.78, 5) is 27.4. The Hall–Kier alpha value is -2.47. The topological polar surface area (TPSA) is 61.4 Å². The second-order valence-corrected chi connectivity index (χ2v) is 7.99. The van der Waals surface area contributed by atoms with E-state index in [9.17, 15) is 9.59 Å². The molecule has 1 unspecified atom stereocenters. The van der Waals surface area contributed by atoms with Gasteiger partial charge in [0.15, 0.2) is 0 Å². The van der Waals surface area contributed by atoms with E-state index < -0.39 is 0 Å². The van der Waals surface area contributed by atoms with Gasteiger partial charge < -0.3 is 15.5 Å². The molecule has 3 rings (SSSR count). The van der Waals surface area contributed by atoms with Gasteiger partial charge in [0.1, 0.15) is 0 Å². The molecule has 1 fully saturated rings. The highest BCUT2D eigenvalue weighted by Gasteiger charge is 2.25. The first kappa shape index (κ1) is 20.3. The first-order chi connectivity index (χ1) is 13.7. The molecule has 0 bridgehead atoms. The number of likely N-dealkylation sites (tertiary alicyclic amines) is 1. The van der Waals surface area contributed by atoms with Gasteiger partial charge in [-0.1, -0.05) is 48.5 Å². The number of amides is 3. The van der Waals surface area contributed by atoms with Gasteiger partial charge >= 0.3 is 6.03 Å². The van der Waals surface area contributed by atoms with Crippen molar-refractivity contribution < 1.29 is 9.59 Å². The molecular weight excluding hydrogens is 370 g/mol. The van der Waals surface area contributed by atoms with E-state index in [-0.39, 0.29) is 18.0 Å². The van der Waals surface area contributed by atoms with Crippen molar-refractivity contribution in [3.63, 3.8) is 0 Å². The predicted molar refractivity (Wildman–Crippen MR) is 113 cm³/mol. The minimum atomic E-state index is -0.207. The maximum atomic E-state index is 12.4. The van der Waals surface area contributed by atoms with Crippen LogP contribution < -0.4 is 10.6 Å². The molecule has 1 atom stereocenters. The Morgan fingerprint density at radius 3 is 2.46 bits per heavy atom. The molecule has 1 aliphatic heterocycles. The summed E-state index contributed by atoms with van der Waals surface area (Å²) >= 11 is 1.79. The van der Waals surface area contributed by atoms with Crippen molar-refractivity contribution in [1.82, 2.24) is 15.5 Å². The Labute approximate surface area is 170 Å². The SMILES string of the molecule is O=C(NCCCSc1ccccc1)NC(CN1CCCC1=O)c1ccccc1. The van der Waals surface area contributed by atoms with Crippen LogP contribution in [-0.4, -0.2) is 42.2 Å². The molecule has 0 spiro atoms. The quantitative estimate of drug-likeness (QED) is 0.499. The van der Waals surface area contributed by atoms with E-state index in [1.807, 2.05) is 53.4 Å². The average molecular weight is 398 g/mol. The molecule has 5 nitrogen and oxygen atoms in total. The fourth-order valence-electron chi connectivity index (χ4n) is 3.23. The van der Waals surface area contributed by atoms with Crippen molar-refractivity contribution in [2.75, 3.05) is 25.4 Å². The first-order valence-corrected chi connectivity index (χ1v) is 10.8. The zero-order valence-electron chi connectivity index (χ0n) is 16.0. The van der Waals surface area contributed by atoms with E-state index in [1.165, 1.54) is 4.90 Å². The zero-order valence-corrected chi connectivity index (χ0v) is 16.8. The van der Waals surface area contributed by atoms with E-state index in [1.54, 1.807) is 11.8 Å². The summed E-state index contributed by atoms with van der Waals surface area (Å²) < 4.78 is 0. The lowest BCUT2D eigenvalue weighted by Gasteiger charge is -2.25. The van der Waals surface area contributed by atoms with Crippen LogP contribution in [0.3, 0.4) is 0 Å². The molecule has 2 aromatic carbocycles. The molecule has 2 N–H and O–H groups in total. The molecule has 6 heteroatoms. The minimum Gasteiger partial charge on any atom is -0.340 e. The lowest BCUT2D eigenvalue weighted by Crippen LogP contribution is -2.43. The fourth-order valence-corrected chi connectivity index (χ4v) is 4.10. The highest BCUT2D eigenvalue weighted by molar-refractivity contribution is 7.99. The summed E-state index contributed by atoms with van der Waals surface area (Å²) in [6.07, 6.45) is 2.39. The lowest BCUT2D eigenvalue weighted by atomic mass is 10.1. The molecular formula is C22H27N3O2S. The average Bonchev–Trinajstić information content (AvgIpc) is 3.13. The maximum Gasteiger partial charge on any atom is 0.315 e. The Bertz CT molecular complexity index is 755. The Kier molecular flexibility index (Phi) is 7.79. The molecule has 1 aliphatic rings. The number of hydrogen-bond donors (Lipinski definition) is 2. The number of nitrogens with one attached hydrogen (secondary N) is 2. The van der Waals surface area contributed by atoms with Crippen molar-refractivity contribution in [1.29, 1.82) is 0 Å². The van der Waals surface area contributed by atoms with E-state index in [0.29, 0.717) is 19.5 Å². The normalized spacial score (nSPS) is 14.7. The Balaban J connectivity index is 1.45. The number of rotatable bonds is 9. The second-order valence-electron chi connectivity index (χ2n) is 6.82. The van der Waals surface area contributed by atoms with Crippen LogP contribution in [0.5, 0.6) is 0 Å². The number of carbonyl (C=O) groups is 2. The van der Waals surface area contributed by atoms with Gasteiger partial charge in [0, 0.05) is 31.0 Å². The van der Waals surface area contributed by atoms with E-state index in [0.717, 1.165) is 30.7 Å². The van der Waals surface area contributed by atoms with Gasteiger partial charge in [0.25, 0.3) is 0 Å². The molecule has 2 aromatic rings. The van der Waals surface area contributed by atoms with Crippen LogP contribution in [0.2, 0.25) is 0 Å². The van der Waals surface area contributed by atoms with Gasteiger partial charge in [-0.05, 0) is 36.3 Å². The molecule has 0 aliphatic carbocycles. The molecule has 28 heavy (non-hydrogen) atoms. The van der Waals surface area contributed by atoms with Crippen LogP contribution in [0.15, 0.2) is 65.6 Å². The van der Waals surface area contributed by atoms with Crippen molar-refractivity contribution in [3.05, 3.63) is 66.2 Å². The summed E-state index contributed by atoms with van der Waals surface area (Å²) in [6.45, 7) is 1.90. The molecule has 1 heterocycles. The third-order valence-electron chi connectivity index (χ3n) is 4.70. The molecule has 0 saturated carbocycles. The largest absolute Gasteiger partial charge is 0.340 e. The predicted octanol–water partition coefficient (Wildman–Crippen LogP) is 3.83. The maximum absolute atomic E-state index is 12.4. The first-order valence-electron chi connectivity index (χ1n) is 9.77. The zero-order chi connectivity index (χ0) is 19.6. The summed E-state index contributed by atoms with van der Waals surface area (Å²) in [7, 11) is 0. The Morgan fingerprint density at radius 2 is 1.79 bits per heavy atom. The monoisotopic (exact) mass is 397 g/mol. The van der Waals surface area contributed by atoms with Crippen LogP contribution in [0.4, 0.5) is 4.79 Å². The summed E-state index contributed by atoms with van der Waals surface area (Å²) in [6, 6.07) is 19.7. The van der Waals surface area contributed by atoms with Crippen molar-refractivity contribution in [2.24, 2.45) is 0 Å². The van der Waals surface area contributed by atoms with Crippen LogP contribution >= 0.6 is 11.8 Å².